The van der Waals surface area contributed by atoms with Gasteiger partial charge in [0.25, 0.3) is 0 Å². The number of hydrogen-bond acceptors (Lipinski definition) is 4. The molecule has 3 N–H and O–H groups in total. The molecule has 0 saturated carbocycles. The summed E-state index contributed by atoms with van der Waals surface area (Å²) in [5, 5.41) is 10.7. The number of benzene rings is 1. The molecular weight excluding hydrogens is 376 g/mol. The molecule has 0 amide bonds. The minimum atomic E-state index is -3.28. The van der Waals surface area contributed by atoms with E-state index in [-0.39, 0.29) is 0 Å². The van der Waals surface area contributed by atoms with Crippen molar-refractivity contribution in [2.75, 3.05) is 25.9 Å². The minimum Gasteiger partial charge on any atom is -0.357 e. The second kappa shape index (κ2) is 9.70. The fraction of sp³-hybridized carbons (Fsp3) is 0.474. The summed E-state index contributed by atoms with van der Waals surface area (Å²) in [6.07, 6.45) is 5.66. The Morgan fingerprint density at radius 1 is 1.21 bits per heavy atom. The molecule has 154 valence electrons. The van der Waals surface area contributed by atoms with Crippen LogP contribution in [0.1, 0.15) is 26.3 Å². The van der Waals surface area contributed by atoms with Crippen LogP contribution in [-0.2, 0) is 16.4 Å². The largest absolute Gasteiger partial charge is 0.357 e. The quantitative estimate of drug-likeness (QED) is 0.430. The summed E-state index contributed by atoms with van der Waals surface area (Å²) in [6, 6.07) is 10.2. The van der Waals surface area contributed by atoms with E-state index in [9.17, 15) is 8.42 Å². The number of hydrogen-bond donors (Lipinski definition) is 3. The van der Waals surface area contributed by atoms with Gasteiger partial charge in [-0.05, 0) is 51.0 Å². The van der Waals surface area contributed by atoms with Gasteiger partial charge in [-0.3, -0.25) is 4.99 Å². The Morgan fingerprint density at radius 3 is 2.50 bits per heavy atom. The molecule has 2 rings (SSSR count). The normalized spacial score (nSPS) is 12.8. The molecular formula is C19H30N6O2S. The standard InChI is InChI=1S/C19H30N6O2S/c1-5-20-18(22-15-19(2,3)24-28(4,26)27)21-13-11-16-7-9-17(10-8-16)25-14-6-12-23-25/h6-10,12,14,24H,5,11,13,15H2,1-4H3,(H2,20,21,22). The zero-order valence-corrected chi connectivity index (χ0v) is 17.8. The lowest BCUT2D eigenvalue weighted by Gasteiger charge is -2.23. The Bertz CT molecular complexity index is 858. The van der Waals surface area contributed by atoms with Crippen LogP contribution in [0.3, 0.4) is 0 Å². The molecule has 0 spiro atoms. The van der Waals surface area contributed by atoms with Crippen LogP contribution in [-0.4, -0.2) is 55.6 Å². The van der Waals surface area contributed by atoms with Crippen molar-refractivity contribution in [3.05, 3.63) is 48.3 Å². The first-order valence-electron chi connectivity index (χ1n) is 9.28. The number of aliphatic imine (C=N–C) groups is 1. The number of sulfonamides is 1. The Hall–Kier alpha value is -2.39. The van der Waals surface area contributed by atoms with Gasteiger partial charge in [0.2, 0.25) is 10.0 Å². The van der Waals surface area contributed by atoms with E-state index >= 15 is 0 Å². The smallest absolute Gasteiger partial charge is 0.209 e. The molecule has 0 atom stereocenters. The maximum atomic E-state index is 11.4. The Labute approximate surface area is 167 Å². The van der Waals surface area contributed by atoms with Crippen LogP contribution in [0.15, 0.2) is 47.7 Å². The third kappa shape index (κ3) is 7.69. The Morgan fingerprint density at radius 2 is 1.93 bits per heavy atom. The van der Waals surface area contributed by atoms with E-state index in [1.807, 2.05) is 49.8 Å². The second-order valence-electron chi connectivity index (χ2n) is 7.25. The highest BCUT2D eigenvalue weighted by Gasteiger charge is 2.21. The first-order valence-corrected chi connectivity index (χ1v) is 11.2. The summed E-state index contributed by atoms with van der Waals surface area (Å²) in [5.41, 5.74) is 1.58. The maximum Gasteiger partial charge on any atom is 0.209 e. The molecule has 0 saturated heterocycles. The molecule has 1 aromatic heterocycles. The highest BCUT2D eigenvalue weighted by Crippen LogP contribution is 2.09. The molecule has 2 aromatic rings. The van der Waals surface area contributed by atoms with Crippen molar-refractivity contribution in [3.8, 4) is 5.69 Å². The van der Waals surface area contributed by atoms with Gasteiger partial charge in [0.15, 0.2) is 5.96 Å². The van der Waals surface area contributed by atoms with Crippen LogP contribution in [0.25, 0.3) is 5.69 Å². The van der Waals surface area contributed by atoms with Crippen LogP contribution < -0.4 is 15.4 Å². The Kier molecular flexibility index (Phi) is 7.59. The fourth-order valence-electron chi connectivity index (χ4n) is 2.71. The molecule has 0 unspecified atom stereocenters. The first kappa shape index (κ1) is 21.9. The van der Waals surface area contributed by atoms with Crippen LogP contribution in [0.4, 0.5) is 0 Å². The molecule has 0 bridgehead atoms. The average molecular weight is 407 g/mol. The summed E-state index contributed by atoms with van der Waals surface area (Å²) >= 11 is 0. The third-order valence-corrected chi connectivity index (χ3v) is 4.77. The highest BCUT2D eigenvalue weighted by atomic mass is 32.2. The molecule has 0 aliphatic rings. The van der Waals surface area contributed by atoms with E-state index < -0.39 is 15.6 Å². The lowest BCUT2D eigenvalue weighted by molar-refractivity contribution is 0.464. The summed E-state index contributed by atoms with van der Waals surface area (Å²) in [7, 11) is -3.28. The number of nitrogens with zero attached hydrogens (tertiary/aromatic N) is 3. The highest BCUT2D eigenvalue weighted by molar-refractivity contribution is 7.88. The van der Waals surface area contributed by atoms with Crippen molar-refractivity contribution in [2.24, 2.45) is 4.99 Å². The number of rotatable bonds is 9. The van der Waals surface area contributed by atoms with E-state index in [4.69, 9.17) is 0 Å². The number of aromatic nitrogens is 2. The van der Waals surface area contributed by atoms with E-state index in [2.05, 4.69) is 37.6 Å². The summed E-state index contributed by atoms with van der Waals surface area (Å²) < 4.78 is 27.3. The maximum absolute atomic E-state index is 11.4. The summed E-state index contributed by atoms with van der Waals surface area (Å²) in [5.74, 6) is 0.666. The van der Waals surface area contributed by atoms with Crippen molar-refractivity contribution in [1.29, 1.82) is 0 Å². The van der Waals surface area contributed by atoms with Crippen LogP contribution in [0.2, 0.25) is 0 Å². The third-order valence-electron chi connectivity index (χ3n) is 3.85. The molecule has 9 heteroatoms. The van der Waals surface area contributed by atoms with E-state index in [1.54, 1.807) is 6.20 Å². The Balaban J connectivity index is 1.88. The van der Waals surface area contributed by atoms with Gasteiger partial charge in [-0.2, -0.15) is 5.10 Å². The van der Waals surface area contributed by atoms with Gasteiger partial charge in [-0.15, -0.1) is 0 Å². The predicted octanol–water partition coefficient (Wildman–Crippen LogP) is 1.30. The molecule has 8 nitrogen and oxygen atoms in total. The monoisotopic (exact) mass is 406 g/mol. The van der Waals surface area contributed by atoms with Crippen molar-refractivity contribution in [3.63, 3.8) is 0 Å². The summed E-state index contributed by atoms with van der Waals surface area (Å²) in [6.45, 7) is 7.38. The van der Waals surface area contributed by atoms with E-state index in [1.165, 1.54) is 5.56 Å². The average Bonchev–Trinajstić information content (AvgIpc) is 3.13. The number of guanidine groups is 1. The lowest BCUT2D eigenvalue weighted by Crippen LogP contribution is -2.47. The van der Waals surface area contributed by atoms with Crippen molar-refractivity contribution >= 4 is 16.0 Å². The van der Waals surface area contributed by atoms with Gasteiger partial charge in [0, 0.05) is 31.0 Å². The van der Waals surface area contributed by atoms with Gasteiger partial charge in [0.05, 0.1) is 18.5 Å². The van der Waals surface area contributed by atoms with E-state index in [0.29, 0.717) is 19.0 Å². The predicted molar refractivity (Wildman–Crippen MR) is 113 cm³/mol. The zero-order chi connectivity index (χ0) is 20.6. The molecule has 0 aliphatic heterocycles. The molecule has 1 aromatic carbocycles. The lowest BCUT2D eigenvalue weighted by atomic mass is 10.1. The zero-order valence-electron chi connectivity index (χ0n) is 16.9. The van der Waals surface area contributed by atoms with Gasteiger partial charge < -0.3 is 10.6 Å². The van der Waals surface area contributed by atoms with Crippen molar-refractivity contribution < 1.29 is 8.42 Å². The van der Waals surface area contributed by atoms with Crippen LogP contribution in [0, 0.1) is 0 Å². The van der Waals surface area contributed by atoms with Crippen LogP contribution in [0.5, 0.6) is 0 Å². The van der Waals surface area contributed by atoms with Crippen molar-refractivity contribution in [1.82, 2.24) is 25.1 Å². The molecule has 28 heavy (non-hydrogen) atoms. The van der Waals surface area contributed by atoms with E-state index in [0.717, 1.165) is 24.9 Å². The molecule has 0 fully saturated rings. The van der Waals surface area contributed by atoms with Gasteiger partial charge in [0.1, 0.15) is 0 Å². The summed E-state index contributed by atoms with van der Waals surface area (Å²) in [4.78, 5) is 4.50. The molecule has 0 aliphatic carbocycles. The molecule has 1 heterocycles. The first-order chi connectivity index (χ1) is 13.2. The topological polar surface area (TPSA) is 100 Å². The minimum absolute atomic E-state index is 0.327. The SMILES string of the molecule is CCNC(=NCC(C)(C)NS(C)(=O)=O)NCCc1ccc(-n2cccn2)cc1. The molecule has 0 radical (unpaired) electrons. The van der Waals surface area contributed by atoms with Crippen LogP contribution >= 0.6 is 0 Å². The fourth-order valence-corrected chi connectivity index (χ4v) is 3.78. The van der Waals surface area contributed by atoms with Gasteiger partial charge >= 0.3 is 0 Å². The second-order valence-corrected chi connectivity index (χ2v) is 9.00. The number of nitrogens with one attached hydrogen (secondary N) is 3. The van der Waals surface area contributed by atoms with Crippen molar-refractivity contribution in [2.45, 2.75) is 32.7 Å². The van der Waals surface area contributed by atoms with Gasteiger partial charge in [-0.1, -0.05) is 12.1 Å². The van der Waals surface area contributed by atoms with Gasteiger partial charge in [-0.25, -0.2) is 17.8 Å².